The van der Waals surface area contributed by atoms with Crippen LogP contribution >= 0.6 is 34.4 Å². The molecule has 4 aromatic rings. The molecule has 1 atom stereocenters. The number of amides is 1. The van der Waals surface area contributed by atoms with Crippen molar-refractivity contribution in [2.45, 2.75) is 56.7 Å². The third kappa shape index (κ3) is 6.61. The van der Waals surface area contributed by atoms with E-state index < -0.39 is 23.5 Å². The number of ether oxygens (including phenoxy) is 2. The van der Waals surface area contributed by atoms with Crippen LogP contribution in [-0.2, 0) is 10.5 Å². The molecule has 0 saturated heterocycles. The van der Waals surface area contributed by atoms with Gasteiger partial charge in [0.05, 0.1) is 40.4 Å². The number of hydrogen-bond acceptors (Lipinski definition) is 11. The van der Waals surface area contributed by atoms with Gasteiger partial charge in [-0.2, -0.15) is 0 Å². The van der Waals surface area contributed by atoms with Gasteiger partial charge in [-0.25, -0.2) is 4.98 Å². The molecule has 43 heavy (non-hydrogen) atoms. The molecule has 5 rings (SSSR count). The van der Waals surface area contributed by atoms with E-state index in [2.05, 4.69) is 22.1 Å². The lowest BCUT2D eigenvalue weighted by Gasteiger charge is -2.25. The maximum Gasteiger partial charge on any atom is 0.296 e. The number of thioether (sulfide) groups is 1. The van der Waals surface area contributed by atoms with Crippen molar-refractivity contribution in [1.82, 2.24) is 15.2 Å². The number of aliphatic hydroxyl groups excluding tert-OH is 1. The number of aromatic nitrogens is 3. The maximum atomic E-state index is 14.0. The molecule has 0 spiro atoms. The molecular formula is C31H32N4O5S3. The Bertz CT molecular complexity index is 1650. The fourth-order valence-electron chi connectivity index (χ4n) is 4.70. The molecule has 12 heteroatoms. The number of unbranched alkanes of at least 4 members (excludes halogenated alkanes) is 1. The first-order valence-electron chi connectivity index (χ1n) is 14.0. The maximum absolute atomic E-state index is 14.0. The van der Waals surface area contributed by atoms with E-state index in [1.54, 1.807) is 25.1 Å². The number of aryl methyl sites for hydroxylation is 2. The monoisotopic (exact) mass is 636 g/mol. The number of ketones is 1. The summed E-state index contributed by atoms with van der Waals surface area (Å²) < 4.78 is 12.5. The van der Waals surface area contributed by atoms with Crippen molar-refractivity contribution in [2.75, 3.05) is 18.1 Å². The number of Topliss-reactive ketones (excluding diaryl/α,β-unsaturated/α-hetero) is 1. The second-order valence-corrected chi connectivity index (χ2v) is 13.2. The van der Waals surface area contributed by atoms with E-state index in [4.69, 9.17) is 9.47 Å². The van der Waals surface area contributed by atoms with Crippen LogP contribution in [0.15, 0.2) is 64.2 Å². The highest BCUT2D eigenvalue weighted by Crippen LogP contribution is 2.46. The lowest BCUT2D eigenvalue weighted by molar-refractivity contribution is -0.117. The normalized spacial score (nSPS) is 14.9. The average Bonchev–Trinajstić information content (AvgIpc) is 3.68. The summed E-state index contributed by atoms with van der Waals surface area (Å²) in [7, 11) is 0. The van der Waals surface area contributed by atoms with Gasteiger partial charge in [-0.3, -0.25) is 14.5 Å². The van der Waals surface area contributed by atoms with E-state index in [0.29, 0.717) is 50.9 Å². The topological polar surface area (TPSA) is 115 Å². The molecule has 1 aliphatic heterocycles. The van der Waals surface area contributed by atoms with Gasteiger partial charge >= 0.3 is 0 Å². The number of thiazole rings is 1. The zero-order valence-electron chi connectivity index (χ0n) is 24.3. The van der Waals surface area contributed by atoms with Crippen molar-refractivity contribution in [3.8, 4) is 11.5 Å². The van der Waals surface area contributed by atoms with Crippen molar-refractivity contribution in [3.05, 3.63) is 86.6 Å². The van der Waals surface area contributed by atoms with Gasteiger partial charge in [0.25, 0.3) is 5.91 Å². The second-order valence-electron chi connectivity index (χ2n) is 9.78. The van der Waals surface area contributed by atoms with Crippen LogP contribution in [0.4, 0.5) is 5.13 Å². The molecule has 0 saturated carbocycles. The number of hydrogen-bond donors (Lipinski definition) is 1. The van der Waals surface area contributed by atoms with E-state index in [0.717, 1.165) is 23.4 Å². The Labute approximate surface area is 262 Å². The van der Waals surface area contributed by atoms with E-state index in [1.807, 2.05) is 44.2 Å². The SMILES string of the molecule is CCCCOc1ccc(C2C(C(=O)c3sc(C)nc3C)=C(O)C(=O)N2c2nnc(SCc3ccccc3)s2)cc1OCC. The number of nitrogens with zero attached hydrogens (tertiary/aromatic N) is 4. The Balaban J connectivity index is 1.55. The summed E-state index contributed by atoms with van der Waals surface area (Å²) >= 11 is 3.97. The summed E-state index contributed by atoms with van der Waals surface area (Å²) in [5.41, 5.74) is 2.21. The fourth-order valence-corrected chi connectivity index (χ4v) is 7.40. The van der Waals surface area contributed by atoms with Gasteiger partial charge in [-0.1, -0.05) is 72.8 Å². The highest BCUT2D eigenvalue weighted by atomic mass is 32.2. The molecule has 9 nitrogen and oxygen atoms in total. The van der Waals surface area contributed by atoms with Crippen LogP contribution in [0.1, 0.15) is 64.2 Å². The van der Waals surface area contributed by atoms with Crippen LogP contribution in [0.2, 0.25) is 0 Å². The number of anilines is 1. The zero-order valence-corrected chi connectivity index (χ0v) is 26.8. The molecule has 2 aromatic heterocycles. The quantitative estimate of drug-likeness (QED) is 0.0700. The molecular weight excluding hydrogens is 605 g/mol. The Hall–Kier alpha value is -3.74. The molecule has 0 radical (unpaired) electrons. The predicted octanol–water partition coefficient (Wildman–Crippen LogP) is 7.26. The van der Waals surface area contributed by atoms with Gasteiger partial charge in [-0.15, -0.1) is 21.5 Å². The molecule has 1 amide bonds. The number of rotatable bonds is 13. The van der Waals surface area contributed by atoms with Gasteiger partial charge < -0.3 is 14.6 Å². The molecule has 0 bridgehead atoms. The van der Waals surface area contributed by atoms with Crippen LogP contribution in [-0.4, -0.2) is 45.2 Å². The number of carbonyl (C=O) groups is 2. The molecule has 0 aliphatic carbocycles. The number of carbonyl (C=O) groups excluding carboxylic acids is 2. The number of aliphatic hydroxyl groups is 1. The molecule has 0 fully saturated rings. The van der Waals surface area contributed by atoms with Crippen molar-refractivity contribution >= 4 is 51.3 Å². The van der Waals surface area contributed by atoms with Crippen molar-refractivity contribution < 1.29 is 24.2 Å². The minimum Gasteiger partial charge on any atom is -0.503 e. The van der Waals surface area contributed by atoms with E-state index in [1.165, 1.54) is 39.3 Å². The Morgan fingerprint density at radius 2 is 1.84 bits per heavy atom. The summed E-state index contributed by atoms with van der Waals surface area (Å²) in [4.78, 5) is 33.8. The molecule has 3 heterocycles. The Morgan fingerprint density at radius 3 is 2.53 bits per heavy atom. The van der Waals surface area contributed by atoms with Crippen LogP contribution in [0, 0.1) is 13.8 Å². The minimum atomic E-state index is -0.967. The molecule has 224 valence electrons. The summed E-state index contributed by atoms with van der Waals surface area (Å²) in [6.07, 6.45) is 1.88. The van der Waals surface area contributed by atoms with Crippen molar-refractivity contribution in [3.63, 3.8) is 0 Å². The highest BCUT2D eigenvalue weighted by molar-refractivity contribution is 8.00. The molecule has 1 unspecified atom stereocenters. The zero-order chi connectivity index (χ0) is 30.5. The lowest BCUT2D eigenvalue weighted by Crippen LogP contribution is -2.31. The number of benzene rings is 2. The Morgan fingerprint density at radius 1 is 1.05 bits per heavy atom. The van der Waals surface area contributed by atoms with Gasteiger partial charge in [0.2, 0.25) is 10.9 Å². The second kappa shape index (κ2) is 13.7. The minimum absolute atomic E-state index is 0.0347. The van der Waals surface area contributed by atoms with Gasteiger partial charge in [0.1, 0.15) is 0 Å². The summed E-state index contributed by atoms with van der Waals surface area (Å²) in [6.45, 7) is 8.45. The lowest BCUT2D eigenvalue weighted by atomic mass is 9.95. The first kappa shape index (κ1) is 30.7. The standard InChI is InChI=1S/C31H32N4O5S3/c1-5-7-15-40-22-14-13-21(16-23(22)39-6-2)25-24(26(36)28-18(3)32-19(4)42-28)27(37)29(38)35(25)30-33-34-31(43-30)41-17-20-11-9-8-10-12-20/h8-14,16,25,37H,5-7,15,17H2,1-4H3. The van der Waals surface area contributed by atoms with Crippen LogP contribution < -0.4 is 14.4 Å². The summed E-state index contributed by atoms with van der Waals surface area (Å²) in [5.74, 6) is -0.0461. The molecule has 1 N–H and O–H groups in total. The summed E-state index contributed by atoms with van der Waals surface area (Å²) in [6, 6.07) is 14.3. The first-order valence-corrected chi connectivity index (χ1v) is 16.6. The van der Waals surface area contributed by atoms with E-state index in [9.17, 15) is 14.7 Å². The highest BCUT2D eigenvalue weighted by Gasteiger charge is 2.47. The first-order chi connectivity index (χ1) is 20.8. The van der Waals surface area contributed by atoms with Gasteiger partial charge in [-0.05, 0) is 50.5 Å². The van der Waals surface area contributed by atoms with Crippen LogP contribution in [0.25, 0.3) is 0 Å². The van der Waals surface area contributed by atoms with Crippen LogP contribution in [0.3, 0.4) is 0 Å². The van der Waals surface area contributed by atoms with Crippen molar-refractivity contribution in [1.29, 1.82) is 0 Å². The fraction of sp³-hybridized carbons (Fsp3) is 0.323. The van der Waals surface area contributed by atoms with E-state index in [-0.39, 0.29) is 10.7 Å². The van der Waals surface area contributed by atoms with Crippen LogP contribution in [0.5, 0.6) is 11.5 Å². The third-order valence-electron chi connectivity index (χ3n) is 6.71. The van der Waals surface area contributed by atoms with E-state index >= 15 is 0 Å². The predicted molar refractivity (Wildman–Crippen MR) is 170 cm³/mol. The van der Waals surface area contributed by atoms with Crippen molar-refractivity contribution in [2.24, 2.45) is 0 Å². The van der Waals surface area contributed by atoms with Gasteiger partial charge in [0.15, 0.2) is 21.6 Å². The largest absolute Gasteiger partial charge is 0.503 e. The smallest absolute Gasteiger partial charge is 0.296 e. The molecule has 2 aromatic carbocycles. The van der Waals surface area contributed by atoms with Gasteiger partial charge in [0, 0.05) is 5.75 Å². The third-order valence-corrected chi connectivity index (χ3v) is 9.91. The Kier molecular flexibility index (Phi) is 9.79. The average molecular weight is 637 g/mol. The molecule has 1 aliphatic rings. The summed E-state index contributed by atoms with van der Waals surface area (Å²) in [5, 5.41) is 20.9.